The number of methoxy groups -OCH3 is 1. The molecular formula is C23H37IN4O2. The Kier molecular flexibility index (Phi) is 11.5. The second-order valence-corrected chi connectivity index (χ2v) is 7.60. The lowest BCUT2D eigenvalue weighted by molar-refractivity contribution is 0.00990. The van der Waals surface area contributed by atoms with Crippen molar-refractivity contribution in [2.75, 3.05) is 46.5 Å². The minimum Gasteiger partial charge on any atom is -0.385 e. The Hall–Kier alpha value is -1.32. The maximum atomic E-state index is 5.98. The number of benzene rings is 1. The molecule has 1 aliphatic heterocycles. The molecular weight excluding hydrogens is 491 g/mol. The maximum absolute atomic E-state index is 5.98. The Labute approximate surface area is 197 Å². The number of piperidine rings is 1. The molecule has 6 nitrogen and oxygen atoms in total. The molecule has 0 unspecified atom stereocenters. The number of hydrogen-bond donors (Lipinski definition) is 2. The number of aromatic amines is 1. The van der Waals surface area contributed by atoms with E-state index in [1.165, 1.54) is 16.5 Å². The average Bonchev–Trinajstić information content (AvgIpc) is 3.17. The van der Waals surface area contributed by atoms with Crippen molar-refractivity contribution in [3.05, 3.63) is 36.0 Å². The van der Waals surface area contributed by atoms with Crippen LogP contribution in [-0.4, -0.2) is 68.4 Å². The third kappa shape index (κ3) is 7.42. The number of rotatable bonds is 10. The molecule has 30 heavy (non-hydrogen) atoms. The summed E-state index contributed by atoms with van der Waals surface area (Å²) in [5.41, 5.74) is 2.60. The molecule has 1 aromatic carbocycles. The second-order valence-electron chi connectivity index (χ2n) is 7.60. The van der Waals surface area contributed by atoms with Gasteiger partial charge in [0.2, 0.25) is 0 Å². The zero-order valence-corrected chi connectivity index (χ0v) is 20.7. The molecule has 1 aliphatic rings. The van der Waals surface area contributed by atoms with Gasteiger partial charge in [-0.15, -0.1) is 24.0 Å². The summed E-state index contributed by atoms with van der Waals surface area (Å²) in [6.45, 7) is 7.44. The van der Waals surface area contributed by atoms with E-state index in [0.29, 0.717) is 6.10 Å². The summed E-state index contributed by atoms with van der Waals surface area (Å²) in [4.78, 5) is 10.6. The zero-order chi connectivity index (χ0) is 20.3. The molecule has 0 atom stereocenters. The fourth-order valence-corrected chi connectivity index (χ4v) is 3.91. The highest BCUT2D eigenvalue weighted by atomic mass is 127. The topological polar surface area (TPSA) is 61.9 Å². The Bertz CT molecular complexity index is 756. The van der Waals surface area contributed by atoms with E-state index in [4.69, 9.17) is 14.5 Å². The summed E-state index contributed by atoms with van der Waals surface area (Å²) in [6.07, 6.45) is 7.70. The van der Waals surface area contributed by atoms with Gasteiger partial charge in [-0.1, -0.05) is 18.2 Å². The van der Waals surface area contributed by atoms with Gasteiger partial charge in [-0.2, -0.15) is 0 Å². The van der Waals surface area contributed by atoms with Crippen molar-refractivity contribution < 1.29 is 9.47 Å². The number of nitrogens with one attached hydrogen (secondary N) is 2. The number of para-hydroxylation sites is 1. The molecule has 0 bridgehead atoms. The van der Waals surface area contributed by atoms with Crippen molar-refractivity contribution in [2.24, 2.45) is 4.99 Å². The number of hydrogen-bond acceptors (Lipinski definition) is 3. The number of likely N-dealkylation sites (tertiary alicyclic amines) is 1. The Balaban J connectivity index is 0.00000320. The van der Waals surface area contributed by atoms with E-state index < -0.39 is 0 Å². The van der Waals surface area contributed by atoms with Crippen molar-refractivity contribution in [3.63, 3.8) is 0 Å². The third-order valence-electron chi connectivity index (χ3n) is 5.46. The van der Waals surface area contributed by atoms with Gasteiger partial charge in [0, 0.05) is 63.6 Å². The number of aromatic nitrogens is 1. The van der Waals surface area contributed by atoms with Gasteiger partial charge in [0.25, 0.3) is 0 Å². The maximum Gasteiger partial charge on any atom is 0.193 e. The largest absolute Gasteiger partial charge is 0.385 e. The minimum absolute atomic E-state index is 0. The molecule has 2 aromatic rings. The van der Waals surface area contributed by atoms with Crippen molar-refractivity contribution in [3.8, 4) is 0 Å². The molecule has 0 saturated carbocycles. The van der Waals surface area contributed by atoms with Gasteiger partial charge >= 0.3 is 0 Å². The number of ether oxygens (including phenoxy) is 2. The lowest BCUT2D eigenvalue weighted by Crippen LogP contribution is -2.47. The van der Waals surface area contributed by atoms with E-state index >= 15 is 0 Å². The number of H-pyrrole nitrogens is 1. The summed E-state index contributed by atoms with van der Waals surface area (Å²) in [6, 6.07) is 8.50. The predicted octanol–water partition coefficient (Wildman–Crippen LogP) is 4.20. The lowest BCUT2D eigenvalue weighted by atomic mass is 10.1. The van der Waals surface area contributed by atoms with E-state index in [-0.39, 0.29) is 24.0 Å². The van der Waals surface area contributed by atoms with Crippen LogP contribution in [0.25, 0.3) is 10.9 Å². The molecule has 168 valence electrons. The molecule has 1 aromatic heterocycles. The quantitative estimate of drug-likeness (QED) is 0.210. The average molecular weight is 528 g/mol. The molecule has 2 heterocycles. The molecule has 3 rings (SSSR count). The molecule has 0 amide bonds. The molecule has 0 spiro atoms. The van der Waals surface area contributed by atoms with Crippen LogP contribution >= 0.6 is 24.0 Å². The van der Waals surface area contributed by atoms with Crippen molar-refractivity contribution in [1.29, 1.82) is 0 Å². The van der Waals surface area contributed by atoms with Gasteiger partial charge in [0.1, 0.15) is 0 Å². The van der Waals surface area contributed by atoms with Crippen LogP contribution < -0.4 is 5.32 Å². The number of guanidine groups is 1. The number of aliphatic imine (C=N–C) groups is 1. The van der Waals surface area contributed by atoms with Crippen LogP contribution in [-0.2, 0) is 15.9 Å². The highest BCUT2D eigenvalue weighted by Gasteiger charge is 2.21. The number of fused-ring (bicyclic) bond motifs is 1. The predicted molar refractivity (Wildman–Crippen MR) is 135 cm³/mol. The Morgan fingerprint density at radius 1 is 1.20 bits per heavy atom. The van der Waals surface area contributed by atoms with Gasteiger partial charge in [-0.05, 0) is 50.7 Å². The highest BCUT2D eigenvalue weighted by Crippen LogP contribution is 2.19. The van der Waals surface area contributed by atoms with E-state index in [1.54, 1.807) is 7.11 Å². The number of nitrogens with zero attached hydrogens (tertiary/aromatic N) is 2. The molecule has 0 aliphatic carbocycles. The standard InChI is InChI=1S/C23H36N4O2.HI/c1-3-24-23(27-14-11-20(12-15-27)29-17-7-16-28-2)25-13-6-8-19-18-26-22-10-5-4-9-21(19)22;/h4-5,9-10,18,20,26H,3,6-8,11-17H2,1-2H3,(H,24,25);1H. The SMILES string of the molecule is CCNC(=NCCCc1c[nH]c2ccccc12)N1CCC(OCCCOC)CC1.I. The van der Waals surface area contributed by atoms with Gasteiger partial charge in [-0.25, -0.2) is 0 Å². The van der Waals surface area contributed by atoms with Gasteiger partial charge in [0.15, 0.2) is 5.96 Å². The smallest absolute Gasteiger partial charge is 0.193 e. The zero-order valence-electron chi connectivity index (χ0n) is 18.4. The summed E-state index contributed by atoms with van der Waals surface area (Å²) < 4.78 is 11.1. The van der Waals surface area contributed by atoms with Crippen molar-refractivity contribution >= 4 is 40.8 Å². The van der Waals surface area contributed by atoms with Crippen LogP contribution in [0.15, 0.2) is 35.5 Å². The molecule has 2 N–H and O–H groups in total. The van der Waals surface area contributed by atoms with Gasteiger partial charge in [-0.3, -0.25) is 4.99 Å². The van der Waals surface area contributed by atoms with E-state index in [9.17, 15) is 0 Å². The van der Waals surface area contributed by atoms with Crippen LogP contribution in [0.4, 0.5) is 0 Å². The fourth-order valence-electron chi connectivity index (χ4n) is 3.91. The first kappa shape index (κ1) is 24.9. The van der Waals surface area contributed by atoms with Gasteiger partial charge in [0.05, 0.1) is 6.10 Å². The highest BCUT2D eigenvalue weighted by molar-refractivity contribution is 14.0. The van der Waals surface area contributed by atoms with Crippen LogP contribution in [0.5, 0.6) is 0 Å². The molecule has 1 saturated heterocycles. The van der Waals surface area contributed by atoms with Crippen LogP contribution in [0.2, 0.25) is 0 Å². The first-order valence-electron chi connectivity index (χ1n) is 11.0. The Morgan fingerprint density at radius 3 is 2.77 bits per heavy atom. The van der Waals surface area contributed by atoms with Gasteiger partial charge < -0.3 is 24.7 Å². The van der Waals surface area contributed by atoms with Crippen LogP contribution in [0.1, 0.15) is 38.2 Å². The van der Waals surface area contributed by atoms with Crippen LogP contribution in [0.3, 0.4) is 0 Å². The van der Waals surface area contributed by atoms with Crippen molar-refractivity contribution in [1.82, 2.24) is 15.2 Å². The monoisotopic (exact) mass is 528 g/mol. The minimum atomic E-state index is 0. The van der Waals surface area contributed by atoms with Crippen LogP contribution in [0, 0.1) is 0 Å². The lowest BCUT2D eigenvalue weighted by Gasteiger charge is -2.34. The summed E-state index contributed by atoms with van der Waals surface area (Å²) in [7, 11) is 1.74. The van der Waals surface area contributed by atoms with Crippen molar-refractivity contribution in [2.45, 2.75) is 45.1 Å². The van der Waals surface area contributed by atoms with E-state index in [1.807, 2.05) is 0 Å². The summed E-state index contributed by atoms with van der Waals surface area (Å²) >= 11 is 0. The summed E-state index contributed by atoms with van der Waals surface area (Å²) in [5, 5.41) is 4.79. The normalized spacial score (nSPS) is 15.4. The second kappa shape index (κ2) is 13.9. The first-order valence-corrected chi connectivity index (χ1v) is 11.0. The molecule has 7 heteroatoms. The first-order chi connectivity index (χ1) is 14.3. The fraction of sp³-hybridized carbons (Fsp3) is 0.609. The summed E-state index contributed by atoms with van der Waals surface area (Å²) in [5.74, 6) is 1.05. The third-order valence-corrected chi connectivity index (χ3v) is 5.46. The number of aryl methyl sites for hydroxylation is 1. The molecule has 1 fully saturated rings. The van der Waals surface area contributed by atoms with E-state index in [2.05, 4.69) is 52.6 Å². The Morgan fingerprint density at radius 2 is 2.00 bits per heavy atom. The molecule has 0 radical (unpaired) electrons. The van der Waals surface area contributed by atoms with E-state index in [0.717, 1.165) is 77.5 Å². The number of halogens is 1.